The number of rotatable bonds is 6. The highest BCUT2D eigenvalue weighted by Gasteiger charge is 2.23. The van der Waals surface area contributed by atoms with E-state index in [2.05, 4.69) is 25.8 Å². The van der Waals surface area contributed by atoms with Crippen molar-refractivity contribution in [1.82, 2.24) is 4.98 Å². The molecule has 1 heterocycles. The molecule has 0 radical (unpaired) electrons. The van der Waals surface area contributed by atoms with Gasteiger partial charge in [0.25, 0.3) is 0 Å². The number of anilines is 1. The van der Waals surface area contributed by atoms with E-state index in [0.29, 0.717) is 11.0 Å². The lowest BCUT2D eigenvalue weighted by Gasteiger charge is -2.25. The number of Topliss-reactive ketones (excluding diaryl/α,β-unsaturated/α-hetero) is 1. The number of nitrogens with zero attached hydrogens (tertiary/aromatic N) is 2. The minimum atomic E-state index is -1.15. The summed E-state index contributed by atoms with van der Waals surface area (Å²) in [6.45, 7) is 7.70. The maximum atomic E-state index is 11.4. The summed E-state index contributed by atoms with van der Waals surface area (Å²) in [5, 5.41) is 9.65. The largest absolute Gasteiger partial charge is 0.476 e. The van der Waals surface area contributed by atoms with Crippen molar-refractivity contribution >= 4 is 28.2 Å². The Labute approximate surface area is 117 Å². The van der Waals surface area contributed by atoms with E-state index in [1.165, 1.54) is 6.92 Å². The lowest BCUT2D eigenvalue weighted by atomic mass is 10.0. The number of ketones is 1. The van der Waals surface area contributed by atoms with Crippen LogP contribution in [-0.2, 0) is 0 Å². The number of thiazole rings is 1. The number of carboxylic acid groups (broad SMARTS) is 1. The first-order valence-corrected chi connectivity index (χ1v) is 7.03. The van der Waals surface area contributed by atoms with E-state index in [0.717, 1.165) is 17.8 Å². The summed E-state index contributed by atoms with van der Waals surface area (Å²) in [4.78, 5) is 28.8. The van der Waals surface area contributed by atoms with Crippen LogP contribution < -0.4 is 4.90 Å². The Hall–Kier alpha value is -1.43. The summed E-state index contributed by atoms with van der Waals surface area (Å²) >= 11 is 1.14. The summed E-state index contributed by atoms with van der Waals surface area (Å²) in [5.41, 5.74) is -0.143. The van der Waals surface area contributed by atoms with Crippen molar-refractivity contribution in [2.75, 3.05) is 11.9 Å². The van der Waals surface area contributed by atoms with Crippen LogP contribution in [0.1, 0.15) is 54.3 Å². The van der Waals surface area contributed by atoms with Gasteiger partial charge in [-0.3, -0.25) is 4.79 Å². The fourth-order valence-corrected chi connectivity index (χ4v) is 2.89. The van der Waals surface area contributed by atoms with E-state index in [9.17, 15) is 9.59 Å². The van der Waals surface area contributed by atoms with Crippen LogP contribution in [0.3, 0.4) is 0 Å². The molecule has 1 aromatic rings. The molecule has 106 valence electrons. The molecule has 1 N–H and O–H groups in total. The van der Waals surface area contributed by atoms with Gasteiger partial charge in [0.1, 0.15) is 4.88 Å². The topological polar surface area (TPSA) is 70.5 Å². The molecule has 5 nitrogen and oxygen atoms in total. The van der Waals surface area contributed by atoms with Crippen molar-refractivity contribution < 1.29 is 14.7 Å². The molecule has 1 rings (SSSR count). The van der Waals surface area contributed by atoms with Crippen molar-refractivity contribution in [1.29, 1.82) is 0 Å². The third-order valence-electron chi connectivity index (χ3n) is 2.91. The van der Waals surface area contributed by atoms with Crippen molar-refractivity contribution in [2.45, 2.75) is 40.2 Å². The van der Waals surface area contributed by atoms with Gasteiger partial charge in [0.2, 0.25) is 0 Å². The Morgan fingerprint density at radius 2 is 1.95 bits per heavy atom. The van der Waals surface area contributed by atoms with E-state index >= 15 is 0 Å². The Kier molecular flexibility index (Phi) is 5.05. The zero-order valence-corrected chi connectivity index (χ0v) is 12.7. The second-order valence-electron chi connectivity index (χ2n) is 5.12. The molecule has 6 heteroatoms. The zero-order chi connectivity index (χ0) is 14.7. The number of carbonyl (C=O) groups excluding carboxylic acids is 1. The summed E-state index contributed by atoms with van der Waals surface area (Å²) in [5.74, 6) is -0.868. The Morgan fingerprint density at radius 1 is 1.37 bits per heavy atom. The van der Waals surface area contributed by atoms with Gasteiger partial charge >= 0.3 is 5.97 Å². The van der Waals surface area contributed by atoms with Gasteiger partial charge in [-0.1, -0.05) is 25.2 Å². The average Bonchev–Trinajstić information content (AvgIpc) is 2.71. The van der Waals surface area contributed by atoms with Crippen LogP contribution in [0.4, 0.5) is 5.13 Å². The standard InChI is InChI=1S/C13H20N2O3S/c1-7(2)6-8(3)15(5)13-14-10(12(17)18)11(19-13)9(4)16/h7-8H,6H2,1-5H3,(H,17,18). The smallest absolute Gasteiger partial charge is 0.356 e. The van der Waals surface area contributed by atoms with Crippen LogP contribution >= 0.6 is 11.3 Å². The van der Waals surface area contributed by atoms with Crippen LogP contribution in [0.5, 0.6) is 0 Å². The molecule has 1 aromatic heterocycles. The average molecular weight is 284 g/mol. The minimum absolute atomic E-state index is 0.143. The second-order valence-corrected chi connectivity index (χ2v) is 6.10. The Morgan fingerprint density at radius 3 is 2.32 bits per heavy atom. The van der Waals surface area contributed by atoms with E-state index < -0.39 is 5.97 Å². The van der Waals surface area contributed by atoms with Crippen LogP contribution in [0.2, 0.25) is 0 Å². The van der Waals surface area contributed by atoms with Crippen LogP contribution in [0.25, 0.3) is 0 Å². The number of carboxylic acids is 1. The van der Waals surface area contributed by atoms with Crippen molar-refractivity contribution in [3.63, 3.8) is 0 Å². The predicted octanol–water partition coefficient (Wildman–Crippen LogP) is 2.91. The number of hydrogen-bond acceptors (Lipinski definition) is 5. The molecular formula is C13H20N2O3S. The first kappa shape index (κ1) is 15.6. The normalized spacial score (nSPS) is 12.5. The monoisotopic (exact) mass is 284 g/mol. The van der Waals surface area contributed by atoms with Gasteiger partial charge in [-0.2, -0.15) is 0 Å². The Bertz CT molecular complexity index is 451. The minimum Gasteiger partial charge on any atom is -0.476 e. The van der Waals surface area contributed by atoms with E-state index in [1.54, 1.807) is 0 Å². The molecule has 0 aliphatic rings. The summed E-state index contributed by atoms with van der Waals surface area (Å²) < 4.78 is 0. The Balaban J connectivity index is 3.04. The molecule has 0 aliphatic heterocycles. The first-order chi connectivity index (χ1) is 8.73. The summed E-state index contributed by atoms with van der Waals surface area (Å²) in [6.07, 6.45) is 0.980. The number of carbonyl (C=O) groups is 2. The molecule has 0 amide bonds. The molecule has 0 fully saturated rings. The highest BCUT2D eigenvalue weighted by atomic mass is 32.1. The molecule has 0 aliphatic carbocycles. The summed E-state index contributed by atoms with van der Waals surface area (Å²) in [7, 11) is 1.88. The van der Waals surface area contributed by atoms with Gasteiger partial charge in [0.15, 0.2) is 16.6 Å². The van der Waals surface area contributed by atoms with Crippen molar-refractivity contribution in [3.05, 3.63) is 10.6 Å². The highest BCUT2D eigenvalue weighted by Crippen LogP contribution is 2.28. The SMILES string of the molecule is CC(=O)c1sc(N(C)C(C)CC(C)C)nc1C(=O)O. The maximum Gasteiger partial charge on any atom is 0.356 e. The second kappa shape index (κ2) is 6.14. The number of hydrogen-bond donors (Lipinski definition) is 1. The van der Waals surface area contributed by atoms with Crippen LogP contribution in [-0.4, -0.2) is 34.9 Å². The lowest BCUT2D eigenvalue weighted by Crippen LogP contribution is -2.30. The van der Waals surface area contributed by atoms with Gasteiger partial charge < -0.3 is 10.0 Å². The molecule has 0 bridgehead atoms. The zero-order valence-electron chi connectivity index (χ0n) is 11.9. The molecule has 1 unspecified atom stereocenters. The quantitative estimate of drug-likeness (QED) is 0.813. The fraction of sp³-hybridized carbons (Fsp3) is 0.615. The third kappa shape index (κ3) is 3.76. The maximum absolute atomic E-state index is 11.4. The lowest BCUT2D eigenvalue weighted by molar-refractivity contribution is 0.0687. The van der Waals surface area contributed by atoms with Gasteiger partial charge in [-0.05, 0) is 19.3 Å². The third-order valence-corrected chi connectivity index (χ3v) is 4.16. The summed E-state index contributed by atoms with van der Waals surface area (Å²) in [6, 6.07) is 0.243. The predicted molar refractivity (Wildman–Crippen MR) is 76.4 cm³/mol. The van der Waals surface area contributed by atoms with Crippen molar-refractivity contribution in [3.8, 4) is 0 Å². The van der Waals surface area contributed by atoms with Gasteiger partial charge in [0.05, 0.1) is 0 Å². The first-order valence-electron chi connectivity index (χ1n) is 6.21. The van der Waals surface area contributed by atoms with E-state index in [1.807, 2.05) is 11.9 Å². The molecular weight excluding hydrogens is 264 g/mol. The van der Waals surface area contributed by atoms with Gasteiger partial charge in [0, 0.05) is 20.0 Å². The van der Waals surface area contributed by atoms with E-state index in [-0.39, 0.29) is 22.4 Å². The van der Waals surface area contributed by atoms with E-state index in [4.69, 9.17) is 5.11 Å². The molecule has 19 heavy (non-hydrogen) atoms. The van der Waals surface area contributed by atoms with Crippen LogP contribution in [0.15, 0.2) is 0 Å². The molecule has 0 aromatic carbocycles. The molecule has 0 saturated heterocycles. The number of aromatic nitrogens is 1. The molecule has 1 atom stereocenters. The van der Waals surface area contributed by atoms with Crippen molar-refractivity contribution in [2.24, 2.45) is 5.92 Å². The van der Waals surface area contributed by atoms with Gasteiger partial charge in [-0.25, -0.2) is 9.78 Å². The number of aromatic carboxylic acids is 1. The van der Waals surface area contributed by atoms with Gasteiger partial charge in [-0.15, -0.1) is 0 Å². The molecule has 0 spiro atoms. The highest BCUT2D eigenvalue weighted by molar-refractivity contribution is 7.17. The fourth-order valence-electron chi connectivity index (χ4n) is 1.87. The molecule has 0 saturated carbocycles. The van der Waals surface area contributed by atoms with Crippen LogP contribution in [0, 0.1) is 5.92 Å².